The number of hydrogen-bond donors (Lipinski definition) is 0. The topological polar surface area (TPSA) is 82.8 Å². The molecule has 0 saturated heterocycles. The lowest BCUT2D eigenvalue weighted by Crippen LogP contribution is -2.17. The zero-order valence-electron chi connectivity index (χ0n) is 16.4. The summed E-state index contributed by atoms with van der Waals surface area (Å²) in [6.45, 7) is 3.54. The van der Waals surface area contributed by atoms with Crippen LogP contribution in [0.3, 0.4) is 0 Å². The molecule has 1 aromatic heterocycles. The van der Waals surface area contributed by atoms with Crippen molar-refractivity contribution in [3.8, 4) is 11.5 Å². The van der Waals surface area contributed by atoms with Gasteiger partial charge in [0, 0.05) is 29.5 Å². The first-order chi connectivity index (χ1) is 14.0. The Morgan fingerprint density at radius 3 is 2.38 bits per heavy atom. The first-order valence-corrected chi connectivity index (χ1v) is 9.53. The molecule has 0 aliphatic carbocycles. The fraction of sp³-hybridized carbons (Fsp3) is 0.261. The van der Waals surface area contributed by atoms with E-state index in [2.05, 4.69) is 0 Å². The van der Waals surface area contributed by atoms with Crippen molar-refractivity contribution in [3.05, 3.63) is 70.1 Å². The number of fused-ring (bicyclic) bond motifs is 1. The number of ketones is 1. The lowest BCUT2D eigenvalue weighted by atomic mass is 10.1. The molecule has 0 bridgehead atoms. The molecule has 29 heavy (non-hydrogen) atoms. The van der Waals surface area contributed by atoms with Gasteiger partial charge in [0.05, 0.1) is 0 Å². The second-order valence-electron chi connectivity index (χ2n) is 6.56. The highest BCUT2D eigenvalue weighted by atomic mass is 16.6. The Bertz CT molecular complexity index is 1080. The highest BCUT2D eigenvalue weighted by Gasteiger charge is 2.11. The molecule has 0 saturated carbocycles. The standard InChI is InChI=1S/C23H22O6/c1-3-5-16-12-22(25)29-21-13-18(10-11-19(16)21)28-23(26)14-27-17-8-6-15(7-9-17)20(24)4-2/h6-13H,3-5,14H2,1-2H3. The second-order valence-corrected chi connectivity index (χ2v) is 6.56. The van der Waals surface area contributed by atoms with Crippen LogP contribution in [-0.4, -0.2) is 18.4 Å². The third-order valence-corrected chi connectivity index (χ3v) is 4.41. The van der Waals surface area contributed by atoms with Crippen molar-refractivity contribution in [2.75, 3.05) is 6.61 Å². The predicted octanol–water partition coefficient (Wildman–Crippen LogP) is 4.32. The third kappa shape index (κ3) is 5.10. The first-order valence-electron chi connectivity index (χ1n) is 9.53. The van der Waals surface area contributed by atoms with E-state index in [1.165, 1.54) is 12.1 Å². The van der Waals surface area contributed by atoms with E-state index >= 15 is 0 Å². The van der Waals surface area contributed by atoms with Gasteiger partial charge in [0.25, 0.3) is 0 Å². The number of ether oxygens (including phenoxy) is 2. The minimum absolute atomic E-state index is 0.0426. The van der Waals surface area contributed by atoms with Gasteiger partial charge in [-0.1, -0.05) is 20.3 Å². The molecule has 6 heteroatoms. The van der Waals surface area contributed by atoms with E-state index in [1.54, 1.807) is 43.3 Å². The van der Waals surface area contributed by atoms with Crippen molar-refractivity contribution in [1.82, 2.24) is 0 Å². The average molecular weight is 394 g/mol. The molecule has 0 unspecified atom stereocenters. The van der Waals surface area contributed by atoms with E-state index in [4.69, 9.17) is 13.9 Å². The van der Waals surface area contributed by atoms with Crippen molar-refractivity contribution in [2.24, 2.45) is 0 Å². The van der Waals surface area contributed by atoms with Gasteiger partial charge in [0.15, 0.2) is 12.4 Å². The molecule has 1 heterocycles. The molecule has 0 radical (unpaired) electrons. The van der Waals surface area contributed by atoms with Crippen LogP contribution in [0.4, 0.5) is 0 Å². The van der Waals surface area contributed by atoms with Gasteiger partial charge in [-0.05, 0) is 48.4 Å². The first kappa shape index (κ1) is 20.3. The molecule has 6 nitrogen and oxygen atoms in total. The van der Waals surface area contributed by atoms with Gasteiger partial charge in [-0.15, -0.1) is 0 Å². The van der Waals surface area contributed by atoms with Crippen LogP contribution in [0, 0.1) is 0 Å². The largest absolute Gasteiger partial charge is 0.482 e. The van der Waals surface area contributed by atoms with E-state index < -0.39 is 11.6 Å². The number of carbonyl (C=O) groups excluding carboxylic acids is 2. The SMILES string of the molecule is CCCc1cc(=O)oc2cc(OC(=O)COc3ccc(C(=O)CC)cc3)ccc12. The number of hydrogen-bond acceptors (Lipinski definition) is 6. The summed E-state index contributed by atoms with van der Waals surface area (Å²) in [5, 5.41) is 0.823. The maximum absolute atomic E-state index is 12.1. The Balaban J connectivity index is 1.65. The van der Waals surface area contributed by atoms with E-state index in [9.17, 15) is 14.4 Å². The van der Waals surface area contributed by atoms with Crippen LogP contribution in [0.1, 0.15) is 42.6 Å². The number of aryl methyl sites for hydroxylation is 1. The number of carbonyl (C=O) groups is 2. The Hall–Kier alpha value is -3.41. The van der Waals surface area contributed by atoms with Crippen molar-refractivity contribution in [1.29, 1.82) is 0 Å². The van der Waals surface area contributed by atoms with E-state index in [-0.39, 0.29) is 18.1 Å². The number of rotatable bonds is 8. The lowest BCUT2D eigenvalue weighted by molar-refractivity contribution is -0.136. The molecule has 0 amide bonds. The number of benzene rings is 2. The normalized spacial score (nSPS) is 10.7. The fourth-order valence-electron chi connectivity index (χ4n) is 2.99. The zero-order valence-corrected chi connectivity index (χ0v) is 16.4. The van der Waals surface area contributed by atoms with Gasteiger partial charge in [-0.2, -0.15) is 0 Å². The molecular formula is C23H22O6. The third-order valence-electron chi connectivity index (χ3n) is 4.41. The van der Waals surface area contributed by atoms with E-state index in [0.717, 1.165) is 23.8 Å². The minimum Gasteiger partial charge on any atom is -0.482 e. The van der Waals surface area contributed by atoms with Crippen LogP contribution in [0.5, 0.6) is 11.5 Å². The summed E-state index contributed by atoms with van der Waals surface area (Å²) in [5.74, 6) is 0.182. The molecule has 2 aromatic carbocycles. The maximum atomic E-state index is 12.1. The molecule has 3 aromatic rings. The molecule has 0 N–H and O–H groups in total. The van der Waals surface area contributed by atoms with Crippen LogP contribution in [-0.2, 0) is 11.2 Å². The molecular weight excluding hydrogens is 372 g/mol. The second kappa shape index (κ2) is 9.19. The van der Waals surface area contributed by atoms with E-state index in [0.29, 0.717) is 23.3 Å². The summed E-state index contributed by atoms with van der Waals surface area (Å²) in [6, 6.07) is 13.0. The lowest BCUT2D eigenvalue weighted by Gasteiger charge is -2.09. The summed E-state index contributed by atoms with van der Waals surface area (Å²) in [5.41, 5.74) is 1.45. The number of Topliss-reactive ketones (excluding diaryl/α,β-unsaturated/α-hetero) is 1. The number of esters is 1. The fourth-order valence-corrected chi connectivity index (χ4v) is 2.99. The van der Waals surface area contributed by atoms with Crippen molar-refractivity contribution in [2.45, 2.75) is 33.1 Å². The van der Waals surface area contributed by atoms with Crippen molar-refractivity contribution < 1.29 is 23.5 Å². The zero-order chi connectivity index (χ0) is 20.8. The van der Waals surface area contributed by atoms with Crippen LogP contribution in [0.25, 0.3) is 11.0 Å². The molecule has 0 fully saturated rings. The minimum atomic E-state index is -0.592. The quantitative estimate of drug-likeness (QED) is 0.245. The maximum Gasteiger partial charge on any atom is 0.349 e. The van der Waals surface area contributed by atoms with Crippen LogP contribution in [0.15, 0.2) is 57.7 Å². The van der Waals surface area contributed by atoms with Gasteiger partial charge < -0.3 is 13.9 Å². The van der Waals surface area contributed by atoms with Gasteiger partial charge in [-0.3, -0.25) is 4.79 Å². The van der Waals surface area contributed by atoms with Crippen LogP contribution in [0.2, 0.25) is 0 Å². The summed E-state index contributed by atoms with van der Waals surface area (Å²) in [7, 11) is 0. The molecule has 0 spiro atoms. The summed E-state index contributed by atoms with van der Waals surface area (Å²) >= 11 is 0. The summed E-state index contributed by atoms with van der Waals surface area (Å²) < 4.78 is 15.9. The Morgan fingerprint density at radius 2 is 1.69 bits per heavy atom. The monoisotopic (exact) mass is 394 g/mol. The van der Waals surface area contributed by atoms with Gasteiger partial charge in [0.1, 0.15) is 17.1 Å². The predicted molar refractivity (Wildman–Crippen MR) is 109 cm³/mol. The average Bonchev–Trinajstić information content (AvgIpc) is 2.72. The van der Waals surface area contributed by atoms with Gasteiger partial charge in [-0.25, -0.2) is 9.59 Å². The van der Waals surface area contributed by atoms with Crippen LogP contribution >= 0.6 is 0 Å². The highest BCUT2D eigenvalue weighted by Crippen LogP contribution is 2.24. The van der Waals surface area contributed by atoms with Crippen LogP contribution < -0.4 is 15.1 Å². The van der Waals surface area contributed by atoms with Crippen molar-refractivity contribution >= 4 is 22.7 Å². The smallest absolute Gasteiger partial charge is 0.349 e. The molecule has 3 rings (SSSR count). The Labute approximate surface area is 168 Å². The van der Waals surface area contributed by atoms with E-state index in [1.807, 2.05) is 6.92 Å². The summed E-state index contributed by atoms with van der Waals surface area (Å²) in [6.07, 6.45) is 2.09. The molecule has 0 atom stereocenters. The van der Waals surface area contributed by atoms with Gasteiger partial charge >= 0.3 is 11.6 Å². The molecule has 150 valence electrons. The van der Waals surface area contributed by atoms with Crippen molar-refractivity contribution in [3.63, 3.8) is 0 Å². The highest BCUT2D eigenvalue weighted by molar-refractivity contribution is 5.95. The Kier molecular flexibility index (Phi) is 6.44. The Morgan fingerprint density at radius 1 is 0.966 bits per heavy atom. The van der Waals surface area contributed by atoms with Gasteiger partial charge in [0.2, 0.25) is 0 Å². The summed E-state index contributed by atoms with van der Waals surface area (Å²) in [4.78, 5) is 35.5. The molecule has 0 aliphatic heterocycles. The molecule has 0 aliphatic rings.